The number of methoxy groups -OCH3 is 1. The van der Waals surface area contributed by atoms with Crippen molar-refractivity contribution >= 4 is 17.3 Å². The van der Waals surface area contributed by atoms with Crippen LogP contribution in [-0.2, 0) is 14.3 Å². The second-order valence-corrected chi connectivity index (χ2v) is 4.30. The number of benzene rings is 1. The fraction of sp³-hybridized carbons (Fsp3) is 0.200. The fourth-order valence-electron chi connectivity index (χ4n) is 2.03. The Balaban J connectivity index is 2.38. The van der Waals surface area contributed by atoms with Crippen LogP contribution in [0.4, 0.5) is 4.39 Å². The molecule has 3 nitrogen and oxygen atoms in total. The maximum atomic E-state index is 12.9. The molecule has 0 N–H and O–H groups in total. The van der Waals surface area contributed by atoms with Crippen LogP contribution < -0.4 is 0 Å². The van der Waals surface area contributed by atoms with E-state index in [4.69, 9.17) is 0 Å². The predicted octanol–water partition coefficient (Wildman–Crippen LogP) is 2.67. The Morgan fingerprint density at radius 3 is 2.47 bits per heavy atom. The lowest BCUT2D eigenvalue weighted by molar-refractivity contribution is -0.137. The fourth-order valence-corrected chi connectivity index (χ4v) is 2.03. The molecule has 2 rings (SSSR count). The van der Waals surface area contributed by atoms with Crippen molar-refractivity contribution in [2.24, 2.45) is 0 Å². The highest BCUT2D eigenvalue weighted by molar-refractivity contribution is 6.38. The molecular weight excluding hydrogens is 247 g/mol. The zero-order valence-corrected chi connectivity index (χ0v) is 10.7. The zero-order chi connectivity index (χ0) is 14.0. The molecule has 0 radical (unpaired) electrons. The van der Waals surface area contributed by atoms with E-state index in [1.54, 1.807) is 13.0 Å². The first-order chi connectivity index (χ1) is 9.04. The molecule has 0 aromatic heterocycles. The van der Waals surface area contributed by atoms with Gasteiger partial charge in [-0.1, -0.05) is 23.8 Å². The van der Waals surface area contributed by atoms with Gasteiger partial charge in [-0.3, -0.25) is 4.79 Å². The Morgan fingerprint density at radius 2 is 1.89 bits per heavy atom. The first-order valence-electron chi connectivity index (χ1n) is 5.83. The van der Waals surface area contributed by atoms with Crippen molar-refractivity contribution < 1.29 is 18.7 Å². The summed E-state index contributed by atoms with van der Waals surface area (Å²) in [5.74, 6) is -1.37. The number of ketones is 1. The molecule has 1 aliphatic rings. The number of esters is 1. The summed E-state index contributed by atoms with van der Waals surface area (Å²) in [6, 6.07) is 5.61. The quantitative estimate of drug-likeness (QED) is 0.606. The molecule has 4 heteroatoms. The Bertz CT molecular complexity index is 594. The van der Waals surface area contributed by atoms with Crippen LogP contribution in [0.1, 0.15) is 18.9 Å². The van der Waals surface area contributed by atoms with Gasteiger partial charge in [-0.15, -0.1) is 0 Å². The minimum absolute atomic E-state index is 0.0734. The molecule has 0 unspecified atom stereocenters. The Labute approximate surface area is 110 Å². The Kier molecular flexibility index (Phi) is 3.60. The number of Topliss-reactive ketones (excluding diaryl/α,β-unsaturated/α-hetero) is 1. The van der Waals surface area contributed by atoms with Crippen LogP contribution in [0.2, 0.25) is 0 Å². The van der Waals surface area contributed by atoms with Gasteiger partial charge < -0.3 is 4.74 Å². The van der Waals surface area contributed by atoms with Gasteiger partial charge in [0.1, 0.15) is 11.4 Å². The third kappa shape index (κ3) is 2.47. The summed E-state index contributed by atoms with van der Waals surface area (Å²) in [7, 11) is 1.24. The average molecular weight is 260 g/mol. The number of carbonyl (C=O) groups is 2. The molecule has 0 aliphatic heterocycles. The van der Waals surface area contributed by atoms with E-state index in [0.717, 1.165) is 0 Å². The van der Waals surface area contributed by atoms with Gasteiger partial charge >= 0.3 is 5.97 Å². The molecule has 0 saturated carbocycles. The van der Waals surface area contributed by atoms with Crippen molar-refractivity contribution in [1.29, 1.82) is 0 Å². The number of hydrogen-bond acceptors (Lipinski definition) is 3. The van der Waals surface area contributed by atoms with Crippen molar-refractivity contribution in [2.75, 3.05) is 7.11 Å². The van der Waals surface area contributed by atoms with E-state index in [1.165, 1.54) is 31.4 Å². The summed E-state index contributed by atoms with van der Waals surface area (Å²) in [6.45, 7) is 1.72. The lowest BCUT2D eigenvalue weighted by Crippen LogP contribution is -2.20. The minimum Gasteiger partial charge on any atom is -0.465 e. The molecule has 1 aromatic rings. The average Bonchev–Trinajstić information content (AvgIpc) is 2.40. The molecule has 1 aliphatic carbocycles. The van der Waals surface area contributed by atoms with Crippen molar-refractivity contribution in [3.63, 3.8) is 0 Å². The van der Waals surface area contributed by atoms with Crippen molar-refractivity contribution in [1.82, 2.24) is 0 Å². The zero-order valence-electron chi connectivity index (χ0n) is 10.7. The van der Waals surface area contributed by atoms with Gasteiger partial charge in [0.15, 0.2) is 0 Å². The smallest absolute Gasteiger partial charge is 0.341 e. The van der Waals surface area contributed by atoms with Crippen LogP contribution in [-0.4, -0.2) is 18.9 Å². The van der Waals surface area contributed by atoms with Crippen molar-refractivity contribution in [2.45, 2.75) is 13.3 Å². The van der Waals surface area contributed by atoms with Crippen LogP contribution in [0.5, 0.6) is 0 Å². The standard InChI is InChI=1S/C15H13FO3/c1-9-3-8-12(10-4-6-11(16)7-5-10)14(17)13(9)15(18)19-2/h4-8H,3H2,1-2H3. The number of hydrogen-bond donors (Lipinski definition) is 0. The van der Waals surface area contributed by atoms with Gasteiger partial charge in [0.2, 0.25) is 5.78 Å². The topological polar surface area (TPSA) is 43.4 Å². The number of rotatable bonds is 2. The molecule has 0 atom stereocenters. The van der Waals surface area contributed by atoms with Crippen LogP contribution in [0.15, 0.2) is 41.5 Å². The molecule has 0 amide bonds. The SMILES string of the molecule is COC(=O)C1=C(C)CC=C(c2ccc(F)cc2)C1=O. The first-order valence-corrected chi connectivity index (χ1v) is 5.83. The van der Waals surface area contributed by atoms with Crippen LogP contribution in [0, 0.1) is 5.82 Å². The largest absolute Gasteiger partial charge is 0.465 e. The van der Waals surface area contributed by atoms with Crippen LogP contribution in [0.25, 0.3) is 5.57 Å². The summed E-state index contributed by atoms with van der Waals surface area (Å²) in [5, 5.41) is 0. The van der Waals surface area contributed by atoms with Gasteiger partial charge in [0.25, 0.3) is 0 Å². The molecule has 19 heavy (non-hydrogen) atoms. The van der Waals surface area contributed by atoms with E-state index in [0.29, 0.717) is 23.1 Å². The number of halogens is 1. The monoisotopic (exact) mass is 260 g/mol. The van der Waals surface area contributed by atoms with E-state index in [1.807, 2.05) is 0 Å². The molecular formula is C15H13FO3. The molecule has 0 saturated heterocycles. The van der Waals surface area contributed by atoms with Gasteiger partial charge in [-0.25, -0.2) is 9.18 Å². The Morgan fingerprint density at radius 1 is 1.26 bits per heavy atom. The minimum atomic E-state index is -0.629. The molecule has 0 heterocycles. The molecule has 0 bridgehead atoms. The number of carbonyl (C=O) groups excluding carboxylic acids is 2. The summed E-state index contributed by atoms with van der Waals surface area (Å²) < 4.78 is 17.5. The predicted molar refractivity (Wildman–Crippen MR) is 68.7 cm³/mol. The first kappa shape index (κ1) is 13.2. The van der Waals surface area contributed by atoms with E-state index in [9.17, 15) is 14.0 Å². The molecule has 0 fully saturated rings. The van der Waals surface area contributed by atoms with E-state index < -0.39 is 5.97 Å². The molecule has 1 aromatic carbocycles. The highest BCUT2D eigenvalue weighted by Gasteiger charge is 2.28. The molecule has 98 valence electrons. The molecule has 0 spiro atoms. The number of ether oxygens (including phenoxy) is 1. The van der Waals surface area contributed by atoms with Crippen LogP contribution in [0.3, 0.4) is 0 Å². The number of allylic oxidation sites excluding steroid dienone is 3. The summed E-state index contributed by atoms with van der Waals surface area (Å²) in [6.07, 6.45) is 2.25. The van der Waals surface area contributed by atoms with E-state index >= 15 is 0 Å². The van der Waals surface area contributed by atoms with Gasteiger partial charge in [-0.2, -0.15) is 0 Å². The second-order valence-electron chi connectivity index (χ2n) is 4.30. The highest BCUT2D eigenvalue weighted by Crippen LogP contribution is 2.28. The summed E-state index contributed by atoms with van der Waals surface area (Å²) in [4.78, 5) is 23.9. The third-order valence-corrected chi connectivity index (χ3v) is 3.06. The summed E-state index contributed by atoms with van der Waals surface area (Å²) in [5.41, 5.74) is 1.76. The highest BCUT2D eigenvalue weighted by atomic mass is 19.1. The maximum absolute atomic E-state index is 12.9. The van der Waals surface area contributed by atoms with E-state index in [-0.39, 0.29) is 17.2 Å². The third-order valence-electron chi connectivity index (χ3n) is 3.06. The lowest BCUT2D eigenvalue weighted by atomic mass is 9.87. The second kappa shape index (κ2) is 5.18. The van der Waals surface area contributed by atoms with E-state index in [2.05, 4.69) is 4.74 Å². The van der Waals surface area contributed by atoms with Crippen molar-refractivity contribution in [3.05, 3.63) is 52.9 Å². The Hall–Kier alpha value is -2.23. The van der Waals surface area contributed by atoms with Gasteiger partial charge in [0.05, 0.1) is 7.11 Å². The lowest BCUT2D eigenvalue weighted by Gasteiger charge is -2.16. The van der Waals surface area contributed by atoms with Crippen molar-refractivity contribution in [3.8, 4) is 0 Å². The normalized spacial score (nSPS) is 15.3. The van der Waals surface area contributed by atoms with Crippen LogP contribution >= 0.6 is 0 Å². The van der Waals surface area contributed by atoms with Gasteiger partial charge in [-0.05, 0) is 31.0 Å². The van der Waals surface area contributed by atoms with Gasteiger partial charge in [0, 0.05) is 5.57 Å². The summed E-state index contributed by atoms with van der Waals surface area (Å²) >= 11 is 0. The maximum Gasteiger partial charge on any atom is 0.341 e.